The van der Waals surface area contributed by atoms with Crippen molar-refractivity contribution in [3.63, 3.8) is 0 Å². The molecule has 0 aromatic carbocycles. The summed E-state index contributed by atoms with van der Waals surface area (Å²) in [5.74, 6) is 0.716. The van der Waals surface area contributed by atoms with Gasteiger partial charge in [-0.2, -0.15) is 0 Å². The first-order valence-electron chi connectivity index (χ1n) is 3.78. The van der Waals surface area contributed by atoms with E-state index in [1.807, 2.05) is 0 Å². The second-order valence-electron chi connectivity index (χ2n) is 3.03. The van der Waals surface area contributed by atoms with Crippen molar-refractivity contribution in [3.8, 4) is 0 Å². The third kappa shape index (κ3) is 1.95. The van der Waals surface area contributed by atoms with E-state index in [0.29, 0.717) is 12.0 Å². The maximum absolute atomic E-state index is 5.75. The summed E-state index contributed by atoms with van der Waals surface area (Å²) in [7, 11) is 0. The van der Waals surface area contributed by atoms with Crippen molar-refractivity contribution in [1.82, 2.24) is 0 Å². The van der Waals surface area contributed by atoms with Gasteiger partial charge in [0.05, 0.1) is 0 Å². The van der Waals surface area contributed by atoms with Crippen molar-refractivity contribution < 1.29 is 0 Å². The molecule has 0 heterocycles. The first kappa shape index (κ1) is 7.03. The number of hydrogen-bond acceptors (Lipinski definition) is 2. The van der Waals surface area contributed by atoms with E-state index in [1.165, 1.54) is 19.3 Å². The second kappa shape index (κ2) is 3.18. The first-order chi connectivity index (χ1) is 4.33. The average Bonchev–Trinajstić information content (AvgIpc) is 1.88. The Morgan fingerprint density at radius 1 is 1.33 bits per heavy atom. The molecule has 2 nitrogen and oxygen atoms in total. The molecule has 2 heteroatoms. The van der Waals surface area contributed by atoms with Crippen LogP contribution in [0.4, 0.5) is 0 Å². The van der Waals surface area contributed by atoms with Crippen LogP contribution < -0.4 is 11.5 Å². The van der Waals surface area contributed by atoms with Crippen molar-refractivity contribution >= 4 is 0 Å². The molecule has 1 aliphatic carbocycles. The van der Waals surface area contributed by atoms with Crippen molar-refractivity contribution in [3.05, 3.63) is 0 Å². The molecule has 0 radical (unpaired) electrons. The van der Waals surface area contributed by atoms with Gasteiger partial charge in [-0.25, -0.2) is 0 Å². The molecule has 0 amide bonds. The van der Waals surface area contributed by atoms with E-state index in [2.05, 4.69) is 0 Å². The lowest BCUT2D eigenvalue weighted by Gasteiger charge is -2.24. The minimum atomic E-state index is 0.437. The van der Waals surface area contributed by atoms with E-state index in [0.717, 1.165) is 13.0 Å². The zero-order valence-corrected chi connectivity index (χ0v) is 5.84. The minimum Gasteiger partial charge on any atom is -0.330 e. The van der Waals surface area contributed by atoms with Gasteiger partial charge in [0.1, 0.15) is 0 Å². The van der Waals surface area contributed by atoms with Gasteiger partial charge in [-0.3, -0.25) is 0 Å². The molecule has 0 aliphatic heterocycles. The monoisotopic (exact) mass is 128 g/mol. The molecule has 9 heavy (non-hydrogen) atoms. The Hall–Kier alpha value is -0.0800. The second-order valence-corrected chi connectivity index (χ2v) is 3.03. The van der Waals surface area contributed by atoms with Crippen LogP contribution in [0.1, 0.15) is 25.7 Å². The molecule has 54 valence electrons. The van der Waals surface area contributed by atoms with E-state index in [1.54, 1.807) is 0 Å². The SMILES string of the molecule is NC[C@H]1CCC[C@@H](N)C1. The fourth-order valence-corrected chi connectivity index (χ4v) is 1.55. The molecule has 0 aromatic rings. The predicted octanol–water partition coefficient (Wildman–Crippen LogP) is 0.463. The lowest BCUT2D eigenvalue weighted by atomic mass is 9.86. The van der Waals surface area contributed by atoms with E-state index in [4.69, 9.17) is 11.5 Å². The number of rotatable bonds is 1. The summed E-state index contributed by atoms with van der Waals surface area (Å²) in [5, 5.41) is 0. The molecular weight excluding hydrogens is 112 g/mol. The highest BCUT2D eigenvalue weighted by Gasteiger charge is 2.16. The van der Waals surface area contributed by atoms with Crippen LogP contribution in [0.5, 0.6) is 0 Å². The topological polar surface area (TPSA) is 52.0 Å². The lowest BCUT2D eigenvalue weighted by Crippen LogP contribution is -2.31. The summed E-state index contributed by atoms with van der Waals surface area (Å²) >= 11 is 0. The smallest absolute Gasteiger partial charge is 0.00419 e. The van der Waals surface area contributed by atoms with Crippen LogP contribution in [0.25, 0.3) is 0 Å². The molecule has 2 atom stereocenters. The Balaban J connectivity index is 2.23. The van der Waals surface area contributed by atoms with Gasteiger partial charge in [0.2, 0.25) is 0 Å². The first-order valence-corrected chi connectivity index (χ1v) is 3.78. The normalized spacial score (nSPS) is 36.7. The summed E-state index contributed by atoms with van der Waals surface area (Å²) in [6.07, 6.45) is 4.93. The predicted molar refractivity (Wildman–Crippen MR) is 39.0 cm³/mol. The van der Waals surface area contributed by atoms with Crippen LogP contribution in [-0.2, 0) is 0 Å². The lowest BCUT2D eigenvalue weighted by molar-refractivity contribution is 0.329. The number of hydrogen-bond donors (Lipinski definition) is 2. The van der Waals surface area contributed by atoms with Gasteiger partial charge in [0, 0.05) is 6.04 Å². The highest BCUT2D eigenvalue weighted by Crippen LogP contribution is 2.21. The summed E-state index contributed by atoms with van der Waals surface area (Å²) in [6.45, 7) is 0.827. The van der Waals surface area contributed by atoms with E-state index >= 15 is 0 Å². The van der Waals surface area contributed by atoms with Gasteiger partial charge in [0.25, 0.3) is 0 Å². The Morgan fingerprint density at radius 2 is 2.11 bits per heavy atom. The van der Waals surface area contributed by atoms with Gasteiger partial charge < -0.3 is 11.5 Å². The maximum atomic E-state index is 5.75. The van der Waals surface area contributed by atoms with Crippen LogP contribution >= 0.6 is 0 Å². The van der Waals surface area contributed by atoms with E-state index < -0.39 is 0 Å². The van der Waals surface area contributed by atoms with Crippen molar-refractivity contribution in [2.24, 2.45) is 17.4 Å². The van der Waals surface area contributed by atoms with E-state index in [9.17, 15) is 0 Å². The minimum absolute atomic E-state index is 0.437. The van der Waals surface area contributed by atoms with Gasteiger partial charge in [-0.15, -0.1) is 0 Å². The van der Waals surface area contributed by atoms with Crippen molar-refractivity contribution in [2.45, 2.75) is 31.7 Å². The van der Waals surface area contributed by atoms with E-state index in [-0.39, 0.29) is 0 Å². The molecular formula is C7H16N2. The molecule has 1 aliphatic rings. The molecule has 0 saturated heterocycles. The Bertz CT molecular complexity index is 83.0. The molecule has 1 fully saturated rings. The highest BCUT2D eigenvalue weighted by atomic mass is 14.7. The van der Waals surface area contributed by atoms with Crippen LogP contribution in [0.2, 0.25) is 0 Å². The third-order valence-electron chi connectivity index (χ3n) is 2.16. The molecule has 0 aromatic heterocycles. The quantitative estimate of drug-likeness (QED) is 0.539. The van der Waals surface area contributed by atoms with Crippen LogP contribution in [-0.4, -0.2) is 12.6 Å². The standard InChI is InChI=1S/C7H16N2/c8-5-6-2-1-3-7(9)4-6/h6-7H,1-5,8-9H2/t6-,7+/m0/s1. The Kier molecular flexibility index (Phi) is 2.49. The fourth-order valence-electron chi connectivity index (χ4n) is 1.55. The highest BCUT2D eigenvalue weighted by molar-refractivity contribution is 4.74. The summed E-state index contributed by atoms with van der Waals surface area (Å²) < 4.78 is 0. The summed E-state index contributed by atoms with van der Waals surface area (Å²) in [6, 6.07) is 0.437. The largest absolute Gasteiger partial charge is 0.330 e. The van der Waals surface area contributed by atoms with Crippen molar-refractivity contribution in [2.75, 3.05) is 6.54 Å². The fraction of sp³-hybridized carbons (Fsp3) is 1.00. The third-order valence-corrected chi connectivity index (χ3v) is 2.16. The Morgan fingerprint density at radius 3 is 2.56 bits per heavy atom. The van der Waals surface area contributed by atoms with Crippen molar-refractivity contribution in [1.29, 1.82) is 0 Å². The zero-order chi connectivity index (χ0) is 6.69. The molecule has 0 bridgehead atoms. The van der Waals surface area contributed by atoms with Crippen LogP contribution in [0.3, 0.4) is 0 Å². The number of nitrogens with two attached hydrogens (primary N) is 2. The molecule has 1 saturated carbocycles. The van der Waals surface area contributed by atoms with Gasteiger partial charge in [-0.1, -0.05) is 6.42 Å². The van der Waals surface area contributed by atoms with Gasteiger partial charge in [0.15, 0.2) is 0 Å². The van der Waals surface area contributed by atoms with Gasteiger partial charge in [-0.05, 0) is 31.7 Å². The molecule has 4 N–H and O–H groups in total. The summed E-state index contributed by atoms with van der Waals surface area (Å²) in [5.41, 5.74) is 11.3. The van der Waals surface area contributed by atoms with Crippen LogP contribution in [0, 0.1) is 5.92 Å². The summed E-state index contributed by atoms with van der Waals surface area (Å²) in [4.78, 5) is 0. The molecule has 1 rings (SSSR count). The zero-order valence-electron chi connectivity index (χ0n) is 5.84. The molecule has 0 spiro atoms. The van der Waals surface area contributed by atoms with Crippen LogP contribution in [0.15, 0.2) is 0 Å². The Labute approximate surface area is 56.6 Å². The average molecular weight is 128 g/mol. The molecule has 0 unspecified atom stereocenters. The van der Waals surface area contributed by atoms with Gasteiger partial charge >= 0.3 is 0 Å². The maximum Gasteiger partial charge on any atom is 0.00419 e.